The van der Waals surface area contributed by atoms with Crippen LogP contribution in [-0.4, -0.2) is 14.4 Å². The molecule has 0 saturated heterocycles. The third-order valence-electron chi connectivity index (χ3n) is 8.34. The van der Waals surface area contributed by atoms with E-state index in [0.29, 0.717) is 0 Å². The molecular formula is C40H23IrN3S-2. The number of fused-ring (bicyclic) bond motifs is 10. The van der Waals surface area contributed by atoms with Gasteiger partial charge in [0.25, 0.3) is 0 Å². The Balaban J connectivity index is 0.000000196. The summed E-state index contributed by atoms with van der Waals surface area (Å²) >= 11 is 1.87. The molecule has 3 nitrogen and oxygen atoms in total. The van der Waals surface area contributed by atoms with Gasteiger partial charge in [-0.25, -0.2) is 0 Å². The maximum atomic E-state index is 4.54. The molecule has 215 valence electrons. The molecule has 0 saturated carbocycles. The molecule has 0 spiro atoms. The molecular weight excluding hydrogens is 747 g/mol. The average Bonchev–Trinajstić information content (AvgIpc) is 3.76. The molecule has 0 aliphatic rings. The van der Waals surface area contributed by atoms with Crippen molar-refractivity contribution in [3.63, 3.8) is 0 Å². The predicted octanol–water partition coefficient (Wildman–Crippen LogP) is 10.6. The van der Waals surface area contributed by atoms with Crippen molar-refractivity contribution >= 4 is 69.6 Å². The van der Waals surface area contributed by atoms with Crippen molar-refractivity contribution in [2.45, 2.75) is 0 Å². The number of nitrogens with zero attached hydrogens (tertiary/aromatic N) is 3. The van der Waals surface area contributed by atoms with Crippen molar-refractivity contribution in [1.82, 2.24) is 14.4 Å². The molecule has 0 amide bonds. The van der Waals surface area contributed by atoms with Crippen LogP contribution in [0.4, 0.5) is 0 Å². The van der Waals surface area contributed by atoms with Crippen molar-refractivity contribution in [1.29, 1.82) is 0 Å². The fraction of sp³-hybridized carbons (Fsp3) is 0. The Morgan fingerprint density at radius 2 is 1.22 bits per heavy atom. The van der Waals surface area contributed by atoms with Gasteiger partial charge in [0.05, 0.1) is 11.0 Å². The van der Waals surface area contributed by atoms with E-state index in [1.807, 2.05) is 78.2 Å². The predicted molar refractivity (Wildman–Crippen MR) is 185 cm³/mol. The van der Waals surface area contributed by atoms with E-state index in [2.05, 4.69) is 93.2 Å². The molecule has 10 aromatic rings. The Labute approximate surface area is 277 Å². The fourth-order valence-corrected chi connectivity index (χ4v) is 7.56. The number of hydrogen-bond acceptors (Lipinski definition) is 3. The van der Waals surface area contributed by atoms with E-state index in [1.165, 1.54) is 58.3 Å². The maximum Gasteiger partial charge on any atom is 0.0547 e. The second-order valence-corrected chi connectivity index (χ2v) is 11.9. The second-order valence-electron chi connectivity index (χ2n) is 10.8. The van der Waals surface area contributed by atoms with Gasteiger partial charge in [-0.15, -0.1) is 71.0 Å². The Hall–Kier alpha value is -4.93. The minimum atomic E-state index is 0. The Morgan fingerprint density at radius 3 is 1.98 bits per heavy atom. The normalized spacial score (nSPS) is 11.4. The van der Waals surface area contributed by atoms with E-state index in [4.69, 9.17) is 0 Å². The van der Waals surface area contributed by atoms with Gasteiger partial charge in [-0.1, -0.05) is 72.1 Å². The molecule has 5 heteroatoms. The molecule has 0 unspecified atom stereocenters. The molecule has 45 heavy (non-hydrogen) atoms. The molecule has 10 rings (SSSR count). The van der Waals surface area contributed by atoms with Gasteiger partial charge < -0.3 is 14.4 Å². The van der Waals surface area contributed by atoms with Gasteiger partial charge in [-0.2, -0.15) is 0 Å². The Kier molecular flexibility index (Phi) is 6.88. The summed E-state index contributed by atoms with van der Waals surface area (Å²) in [6.07, 6.45) is 3.63. The SMILES string of the molecule is [Ir].[c-]1cc2c(cc1-c1ccccn1)c1cccc3c4ccc5sc6ccccc6c5c4n2c13.[c-]1ccccc1-c1ccccn1. The first-order chi connectivity index (χ1) is 21.8. The second kappa shape index (κ2) is 11.2. The molecule has 5 aromatic carbocycles. The molecule has 0 bridgehead atoms. The Morgan fingerprint density at radius 1 is 0.533 bits per heavy atom. The summed E-state index contributed by atoms with van der Waals surface area (Å²) < 4.78 is 5.14. The largest absolute Gasteiger partial charge is 0.349 e. The third kappa shape index (κ3) is 4.43. The van der Waals surface area contributed by atoms with Gasteiger partial charge in [-0.3, -0.25) is 0 Å². The molecule has 0 atom stereocenters. The minimum absolute atomic E-state index is 0. The summed E-state index contributed by atoms with van der Waals surface area (Å²) in [7, 11) is 0. The number of rotatable bonds is 2. The van der Waals surface area contributed by atoms with Crippen LogP contribution in [0, 0.1) is 12.1 Å². The molecule has 1 radical (unpaired) electrons. The summed E-state index contributed by atoms with van der Waals surface area (Å²) in [4.78, 5) is 8.76. The minimum Gasteiger partial charge on any atom is -0.349 e. The number of thiophene rings is 1. The monoisotopic (exact) mass is 770 g/mol. The van der Waals surface area contributed by atoms with Crippen LogP contribution in [0.5, 0.6) is 0 Å². The maximum absolute atomic E-state index is 4.54. The van der Waals surface area contributed by atoms with Crippen LogP contribution in [-0.2, 0) is 20.1 Å². The van der Waals surface area contributed by atoms with E-state index in [0.717, 1.165) is 22.5 Å². The summed E-state index contributed by atoms with van der Waals surface area (Å²) in [6.45, 7) is 0. The zero-order valence-electron chi connectivity index (χ0n) is 23.9. The van der Waals surface area contributed by atoms with Crippen molar-refractivity contribution in [2.75, 3.05) is 0 Å². The number of benzene rings is 5. The summed E-state index contributed by atoms with van der Waals surface area (Å²) in [5.41, 5.74) is 7.80. The average molecular weight is 770 g/mol. The van der Waals surface area contributed by atoms with Crippen molar-refractivity contribution < 1.29 is 20.1 Å². The molecule has 0 aliphatic carbocycles. The van der Waals surface area contributed by atoms with Crippen LogP contribution in [0.1, 0.15) is 0 Å². The number of hydrogen-bond donors (Lipinski definition) is 0. The topological polar surface area (TPSA) is 30.2 Å². The fourth-order valence-electron chi connectivity index (χ4n) is 6.45. The van der Waals surface area contributed by atoms with E-state index in [-0.39, 0.29) is 20.1 Å². The van der Waals surface area contributed by atoms with Crippen molar-refractivity contribution in [3.05, 3.63) is 152 Å². The van der Waals surface area contributed by atoms with Gasteiger partial charge in [0.2, 0.25) is 0 Å². The first-order valence-corrected chi connectivity index (χ1v) is 15.4. The Bertz CT molecular complexity index is 2550. The van der Waals surface area contributed by atoms with Crippen molar-refractivity contribution in [2.24, 2.45) is 0 Å². The summed E-state index contributed by atoms with van der Waals surface area (Å²) in [5.74, 6) is 0. The van der Waals surface area contributed by atoms with E-state index >= 15 is 0 Å². The third-order valence-corrected chi connectivity index (χ3v) is 9.48. The summed E-state index contributed by atoms with van der Waals surface area (Å²) in [5, 5.41) is 7.85. The number of aromatic nitrogens is 3. The molecule has 0 N–H and O–H groups in total. The standard InChI is InChI=1S/C29H15N2S.C11H8N.Ir/c1-2-10-25-21(6-1)27-26(32-25)14-12-20-18-7-5-8-19-22-16-17(23-9-3-4-15-30-23)11-13-24(22)31(28(18)19)29(20)27;1-2-6-10(7-3-1)11-8-4-5-9-12-11;/h1-10,12-16H;1-6,8-9H;/q2*-1;. The van der Waals surface area contributed by atoms with Crippen LogP contribution >= 0.6 is 11.3 Å². The molecule has 0 aliphatic heterocycles. The first-order valence-electron chi connectivity index (χ1n) is 14.6. The van der Waals surface area contributed by atoms with Crippen LogP contribution < -0.4 is 0 Å². The van der Waals surface area contributed by atoms with Crippen LogP contribution in [0.2, 0.25) is 0 Å². The van der Waals surface area contributed by atoms with Gasteiger partial charge in [0.1, 0.15) is 0 Å². The van der Waals surface area contributed by atoms with E-state index < -0.39 is 0 Å². The van der Waals surface area contributed by atoms with Gasteiger partial charge in [0.15, 0.2) is 0 Å². The number of pyridine rings is 2. The first kappa shape index (κ1) is 27.6. The van der Waals surface area contributed by atoms with Gasteiger partial charge in [0, 0.05) is 63.4 Å². The quantitative estimate of drug-likeness (QED) is 0.164. The smallest absolute Gasteiger partial charge is 0.0547 e. The number of para-hydroxylation sites is 1. The van der Waals surface area contributed by atoms with Crippen LogP contribution in [0.15, 0.2) is 140 Å². The molecule has 5 heterocycles. The van der Waals surface area contributed by atoms with Crippen LogP contribution in [0.3, 0.4) is 0 Å². The zero-order valence-corrected chi connectivity index (χ0v) is 27.1. The molecule has 5 aromatic heterocycles. The van der Waals surface area contributed by atoms with Crippen LogP contribution in [0.25, 0.3) is 80.8 Å². The van der Waals surface area contributed by atoms with Gasteiger partial charge in [-0.05, 0) is 46.6 Å². The van der Waals surface area contributed by atoms with Gasteiger partial charge >= 0.3 is 0 Å². The van der Waals surface area contributed by atoms with E-state index in [1.54, 1.807) is 6.20 Å². The zero-order chi connectivity index (χ0) is 29.0. The summed E-state index contributed by atoms with van der Waals surface area (Å²) in [6, 6.07) is 50.8. The van der Waals surface area contributed by atoms with E-state index in [9.17, 15) is 0 Å². The van der Waals surface area contributed by atoms with Crippen molar-refractivity contribution in [3.8, 4) is 22.5 Å². The molecule has 0 fully saturated rings.